The van der Waals surface area contributed by atoms with Gasteiger partial charge in [0.05, 0.1) is 21.3 Å². The molecule has 0 aliphatic carbocycles. The highest BCUT2D eigenvalue weighted by Gasteiger charge is 2.21. The summed E-state index contributed by atoms with van der Waals surface area (Å²) in [6.45, 7) is 0. The molecular formula is C20H20N2O4. The molecule has 0 aromatic heterocycles. The summed E-state index contributed by atoms with van der Waals surface area (Å²) in [5, 5.41) is 2.81. The highest BCUT2D eigenvalue weighted by Crippen LogP contribution is 2.28. The largest absolute Gasteiger partial charge is 0.496 e. The molecule has 0 radical (unpaired) electrons. The van der Waals surface area contributed by atoms with Crippen LogP contribution in [0.3, 0.4) is 0 Å². The summed E-state index contributed by atoms with van der Waals surface area (Å²) in [7, 11) is 4.77. The second-order valence-corrected chi connectivity index (χ2v) is 5.65. The number of ether oxygens (including phenoxy) is 3. The van der Waals surface area contributed by atoms with Gasteiger partial charge in [0.2, 0.25) is 0 Å². The molecule has 2 aromatic carbocycles. The second-order valence-electron chi connectivity index (χ2n) is 5.65. The van der Waals surface area contributed by atoms with Crippen LogP contribution in [0.25, 0.3) is 6.08 Å². The molecule has 1 aliphatic heterocycles. The van der Waals surface area contributed by atoms with Crippen molar-refractivity contribution in [1.29, 1.82) is 0 Å². The predicted molar refractivity (Wildman–Crippen MR) is 99.8 cm³/mol. The van der Waals surface area contributed by atoms with E-state index in [1.807, 2.05) is 42.5 Å². The summed E-state index contributed by atoms with van der Waals surface area (Å²) in [4.78, 5) is 16.6. The molecule has 3 rings (SSSR count). The number of aliphatic imine (C=N–C) groups is 1. The number of nitrogens with zero attached hydrogens (tertiary/aromatic N) is 1. The third-order valence-corrected chi connectivity index (χ3v) is 4.00. The first-order valence-electron chi connectivity index (χ1n) is 8.09. The maximum Gasteiger partial charge on any atom is 0.275 e. The number of carbonyl (C=O) groups is 1. The average Bonchev–Trinajstić information content (AvgIpc) is 3.00. The number of methoxy groups -OCH3 is 3. The van der Waals surface area contributed by atoms with Crippen molar-refractivity contribution in [2.75, 3.05) is 21.3 Å². The number of benzene rings is 2. The minimum Gasteiger partial charge on any atom is -0.496 e. The van der Waals surface area contributed by atoms with E-state index < -0.39 is 0 Å². The van der Waals surface area contributed by atoms with E-state index >= 15 is 0 Å². The highest BCUT2D eigenvalue weighted by molar-refractivity contribution is 6.14. The van der Waals surface area contributed by atoms with E-state index in [1.165, 1.54) is 0 Å². The number of para-hydroxylation sites is 1. The fraction of sp³-hybridized carbons (Fsp3) is 0.200. The predicted octanol–water partition coefficient (Wildman–Crippen LogP) is 2.82. The molecule has 6 heteroatoms. The standard InChI is InChI=1S/C20H20N2O4/c1-24-16-7-5-4-6-14(16)12-15-20(23)22-19(21-15)11-13-8-9-17(25-2)18(10-13)26-3/h4-10,12H,11H2,1-3H3,(H,21,22,23)/b15-12-. The number of nitrogens with one attached hydrogen (secondary N) is 1. The van der Waals surface area contributed by atoms with Crippen molar-refractivity contribution >= 4 is 17.8 Å². The lowest BCUT2D eigenvalue weighted by atomic mass is 10.1. The Morgan fingerprint density at radius 1 is 0.962 bits per heavy atom. The summed E-state index contributed by atoms with van der Waals surface area (Å²) >= 11 is 0. The number of hydrogen-bond acceptors (Lipinski definition) is 5. The quantitative estimate of drug-likeness (QED) is 0.812. The van der Waals surface area contributed by atoms with Gasteiger partial charge in [-0.25, -0.2) is 4.99 Å². The monoisotopic (exact) mass is 352 g/mol. The van der Waals surface area contributed by atoms with E-state index in [4.69, 9.17) is 14.2 Å². The van der Waals surface area contributed by atoms with Crippen LogP contribution in [0.4, 0.5) is 0 Å². The summed E-state index contributed by atoms with van der Waals surface area (Å²) < 4.78 is 15.9. The highest BCUT2D eigenvalue weighted by atomic mass is 16.5. The molecule has 0 atom stereocenters. The van der Waals surface area contributed by atoms with E-state index in [0.717, 1.165) is 11.1 Å². The number of carbonyl (C=O) groups excluding carboxylic acids is 1. The number of amides is 1. The summed E-state index contributed by atoms with van der Waals surface area (Å²) in [6, 6.07) is 13.1. The summed E-state index contributed by atoms with van der Waals surface area (Å²) in [5.74, 6) is 2.34. The van der Waals surface area contributed by atoms with Gasteiger partial charge in [-0.3, -0.25) is 4.79 Å². The molecule has 1 N–H and O–H groups in total. The smallest absolute Gasteiger partial charge is 0.275 e. The minimum atomic E-state index is -0.230. The number of amidine groups is 1. The van der Waals surface area contributed by atoms with Gasteiger partial charge in [-0.2, -0.15) is 0 Å². The van der Waals surface area contributed by atoms with Gasteiger partial charge in [0, 0.05) is 12.0 Å². The zero-order chi connectivity index (χ0) is 18.5. The molecule has 2 aromatic rings. The van der Waals surface area contributed by atoms with Crippen molar-refractivity contribution in [3.8, 4) is 17.2 Å². The zero-order valence-electron chi connectivity index (χ0n) is 14.9. The van der Waals surface area contributed by atoms with Crippen LogP contribution in [-0.2, 0) is 11.2 Å². The van der Waals surface area contributed by atoms with Crippen molar-refractivity contribution in [1.82, 2.24) is 5.32 Å². The van der Waals surface area contributed by atoms with Crippen LogP contribution in [0, 0.1) is 0 Å². The Hall–Kier alpha value is -3.28. The Morgan fingerprint density at radius 3 is 2.42 bits per heavy atom. The summed E-state index contributed by atoms with van der Waals surface area (Å²) in [6.07, 6.45) is 2.20. The van der Waals surface area contributed by atoms with Gasteiger partial charge in [-0.15, -0.1) is 0 Å². The fourth-order valence-electron chi connectivity index (χ4n) is 2.72. The van der Waals surface area contributed by atoms with E-state index in [2.05, 4.69) is 10.3 Å². The molecule has 6 nitrogen and oxygen atoms in total. The lowest BCUT2D eigenvalue weighted by Gasteiger charge is -2.09. The Labute approximate surface area is 152 Å². The van der Waals surface area contributed by atoms with Crippen molar-refractivity contribution in [3.05, 3.63) is 59.3 Å². The van der Waals surface area contributed by atoms with Crippen molar-refractivity contribution in [2.45, 2.75) is 6.42 Å². The molecule has 0 bridgehead atoms. The molecule has 26 heavy (non-hydrogen) atoms. The minimum absolute atomic E-state index is 0.230. The third-order valence-electron chi connectivity index (χ3n) is 4.00. The molecule has 1 heterocycles. The molecule has 0 unspecified atom stereocenters. The summed E-state index contributed by atoms with van der Waals surface area (Å²) in [5.41, 5.74) is 2.11. The van der Waals surface area contributed by atoms with Gasteiger partial charge < -0.3 is 19.5 Å². The molecular weight excluding hydrogens is 332 g/mol. The normalized spacial score (nSPS) is 14.8. The van der Waals surface area contributed by atoms with Crippen LogP contribution >= 0.6 is 0 Å². The van der Waals surface area contributed by atoms with Gasteiger partial charge in [0.15, 0.2) is 11.5 Å². The van der Waals surface area contributed by atoms with Crippen LogP contribution in [0.1, 0.15) is 11.1 Å². The first-order chi connectivity index (χ1) is 12.6. The van der Waals surface area contributed by atoms with E-state index in [0.29, 0.717) is 35.2 Å². The van der Waals surface area contributed by atoms with Crippen LogP contribution in [0.2, 0.25) is 0 Å². The van der Waals surface area contributed by atoms with Gasteiger partial charge in [0.1, 0.15) is 17.3 Å². The van der Waals surface area contributed by atoms with E-state index in [9.17, 15) is 4.79 Å². The zero-order valence-corrected chi connectivity index (χ0v) is 14.9. The lowest BCUT2D eigenvalue weighted by Crippen LogP contribution is -2.25. The molecule has 134 valence electrons. The third kappa shape index (κ3) is 3.69. The Balaban J connectivity index is 1.83. The number of hydrogen-bond donors (Lipinski definition) is 1. The maximum atomic E-state index is 12.2. The van der Waals surface area contributed by atoms with Gasteiger partial charge in [-0.05, 0) is 29.8 Å². The van der Waals surface area contributed by atoms with Gasteiger partial charge in [-0.1, -0.05) is 24.3 Å². The van der Waals surface area contributed by atoms with E-state index in [1.54, 1.807) is 27.4 Å². The molecule has 0 saturated heterocycles. The lowest BCUT2D eigenvalue weighted by molar-refractivity contribution is -0.115. The topological polar surface area (TPSA) is 69.2 Å². The molecule has 1 amide bonds. The SMILES string of the molecule is COc1ccccc1/C=C1\N=C(Cc2ccc(OC)c(OC)c2)NC1=O. The molecule has 0 fully saturated rings. The first kappa shape index (κ1) is 17.5. The van der Waals surface area contributed by atoms with E-state index in [-0.39, 0.29) is 5.91 Å². The Morgan fingerprint density at radius 2 is 1.69 bits per heavy atom. The van der Waals surface area contributed by atoms with Crippen LogP contribution in [0.5, 0.6) is 17.2 Å². The average molecular weight is 352 g/mol. The second kappa shape index (κ2) is 7.74. The van der Waals surface area contributed by atoms with Crippen LogP contribution in [-0.4, -0.2) is 33.1 Å². The molecule has 0 spiro atoms. The number of rotatable bonds is 6. The van der Waals surface area contributed by atoms with Crippen molar-refractivity contribution in [3.63, 3.8) is 0 Å². The van der Waals surface area contributed by atoms with Crippen LogP contribution < -0.4 is 19.5 Å². The Bertz CT molecular complexity index is 887. The maximum absolute atomic E-state index is 12.2. The van der Waals surface area contributed by atoms with Gasteiger partial charge >= 0.3 is 0 Å². The Kier molecular flexibility index (Phi) is 5.22. The van der Waals surface area contributed by atoms with Crippen molar-refractivity contribution in [2.24, 2.45) is 4.99 Å². The fourth-order valence-corrected chi connectivity index (χ4v) is 2.72. The molecule has 1 aliphatic rings. The van der Waals surface area contributed by atoms with Crippen LogP contribution in [0.15, 0.2) is 53.2 Å². The van der Waals surface area contributed by atoms with Crippen molar-refractivity contribution < 1.29 is 19.0 Å². The molecule has 0 saturated carbocycles. The van der Waals surface area contributed by atoms with Gasteiger partial charge in [0.25, 0.3) is 5.91 Å². The first-order valence-corrected chi connectivity index (χ1v) is 8.09.